The van der Waals surface area contributed by atoms with E-state index in [0.717, 1.165) is 12.0 Å². The zero-order valence-corrected chi connectivity index (χ0v) is 16.1. The first-order chi connectivity index (χ1) is 12.5. The molecule has 0 aliphatic rings. The minimum Gasteiger partial charge on any atom is -0.348 e. The van der Waals surface area contributed by atoms with Gasteiger partial charge in [0.15, 0.2) is 0 Å². The maximum absolute atomic E-state index is 12.8. The highest BCUT2D eigenvalue weighted by atomic mass is 35.5. The molecule has 26 heavy (non-hydrogen) atoms. The van der Waals surface area contributed by atoms with Gasteiger partial charge in [0.2, 0.25) is 0 Å². The molecule has 4 nitrogen and oxygen atoms in total. The summed E-state index contributed by atoms with van der Waals surface area (Å²) in [6.45, 7) is 3.99. The van der Waals surface area contributed by atoms with Gasteiger partial charge in [0.1, 0.15) is 5.69 Å². The van der Waals surface area contributed by atoms with Crippen LogP contribution in [-0.4, -0.2) is 21.7 Å². The second-order valence-electron chi connectivity index (χ2n) is 6.07. The summed E-state index contributed by atoms with van der Waals surface area (Å²) in [5, 5.41) is 8.48. The smallest absolute Gasteiger partial charge is 0.270 e. The Morgan fingerprint density at radius 2 is 1.85 bits per heavy atom. The van der Waals surface area contributed by atoms with E-state index in [1.54, 1.807) is 28.9 Å². The summed E-state index contributed by atoms with van der Waals surface area (Å²) in [5.74, 6) is -0.180. The van der Waals surface area contributed by atoms with Gasteiger partial charge >= 0.3 is 0 Å². The van der Waals surface area contributed by atoms with Gasteiger partial charge in [-0.15, -0.1) is 0 Å². The zero-order chi connectivity index (χ0) is 18.7. The highest BCUT2D eigenvalue weighted by Crippen LogP contribution is 2.27. The number of nitrogens with one attached hydrogen (secondary N) is 1. The Hall–Kier alpha value is -2.30. The summed E-state index contributed by atoms with van der Waals surface area (Å²) in [4.78, 5) is 12.8. The molecule has 134 valence electrons. The molecule has 1 aromatic heterocycles. The van der Waals surface area contributed by atoms with Gasteiger partial charge in [0.05, 0.1) is 21.4 Å². The van der Waals surface area contributed by atoms with Gasteiger partial charge in [0.25, 0.3) is 5.91 Å². The summed E-state index contributed by atoms with van der Waals surface area (Å²) in [6.07, 6.45) is 0.845. The Kier molecular flexibility index (Phi) is 5.64. The molecular formula is C20H19Cl2N3O. The second kappa shape index (κ2) is 7.94. The summed E-state index contributed by atoms with van der Waals surface area (Å²) < 4.78 is 1.60. The molecular weight excluding hydrogens is 369 g/mol. The van der Waals surface area contributed by atoms with Gasteiger partial charge in [-0.1, -0.05) is 60.5 Å². The van der Waals surface area contributed by atoms with E-state index in [9.17, 15) is 4.79 Å². The Labute approximate surface area is 162 Å². The van der Waals surface area contributed by atoms with Crippen molar-refractivity contribution in [2.75, 3.05) is 0 Å². The number of amides is 1. The van der Waals surface area contributed by atoms with E-state index in [1.807, 2.05) is 44.2 Å². The molecule has 0 saturated heterocycles. The number of halogens is 2. The van der Waals surface area contributed by atoms with E-state index in [1.165, 1.54) is 0 Å². The first-order valence-corrected chi connectivity index (χ1v) is 9.17. The van der Waals surface area contributed by atoms with Crippen LogP contribution in [0.15, 0.2) is 54.6 Å². The van der Waals surface area contributed by atoms with Crippen LogP contribution in [0.2, 0.25) is 10.0 Å². The summed E-state index contributed by atoms with van der Waals surface area (Å²) in [5.41, 5.74) is 2.77. The molecule has 0 aliphatic heterocycles. The van der Waals surface area contributed by atoms with E-state index < -0.39 is 0 Å². The standard InChI is InChI=1S/C20H19Cl2N3O/c1-3-13(2)23-20(26)19-12-18(14-7-5-4-6-8-14)24-25(19)15-9-10-16(21)17(22)11-15/h4-13H,3H2,1-2H3,(H,23,26). The lowest BCUT2D eigenvalue weighted by Gasteiger charge is -2.12. The van der Waals surface area contributed by atoms with Crippen molar-refractivity contribution in [3.05, 3.63) is 70.3 Å². The average Bonchev–Trinajstić information content (AvgIpc) is 3.10. The summed E-state index contributed by atoms with van der Waals surface area (Å²) >= 11 is 12.2. The van der Waals surface area contributed by atoms with E-state index in [2.05, 4.69) is 10.4 Å². The molecule has 0 radical (unpaired) electrons. The Bertz CT molecular complexity index is 922. The van der Waals surface area contributed by atoms with Crippen molar-refractivity contribution in [1.29, 1.82) is 0 Å². The molecule has 2 aromatic carbocycles. The van der Waals surface area contributed by atoms with Crippen molar-refractivity contribution >= 4 is 29.1 Å². The molecule has 1 unspecified atom stereocenters. The Balaban J connectivity index is 2.09. The SMILES string of the molecule is CCC(C)NC(=O)c1cc(-c2ccccc2)nn1-c1ccc(Cl)c(Cl)c1. The second-order valence-corrected chi connectivity index (χ2v) is 6.89. The fourth-order valence-corrected chi connectivity index (χ4v) is 2.80. The van der Waals surface area contributed by atoms with E-state index in [-0.39, 0.29) is 11.9 Å². The van der Waals surface area contributed by atoms with E-state index >= 15 is 0 Å². The largest absolute Gasteiger partial charge is 0.348 e. The van der Waals surface area contributed by atoms with Gasteiger partial charge in [-0.05, 0) is 37.6 Å². The average molecular weight is 388 g/mol. The number of aromatic nitrogens is 2. The Morgan fingerprint density at radius 1 is 1.12 bits per heavy atom. The number of nitrogens with zero attached hydrogens (tertiary/aromatic N) is 2. The van der Waals surface area contributed by atoms with Crippen LogP contribution in [0.3, 0.4) is 0 Å². The van der Waals surface area contributed by atoms with Crippen LogP contribution in [0.1, 0.15) is 30.8 Å². The lowest BCUT2D eigenvalue weighted by molar-refractivity contribution is 0.0931. The molecule has 0 saturated carbocycles. The third-order valence-corrected chi connectivity index (χ3v) is 4.89. The predicted molar refractivity (Wildman–Crippen MR) is 106 cm³/mol. The van der Waals surface area contributed by atoms with Crippen molar-refractivity contribution in [2.24, 2.45) is 0 Å². The van der Waals surface area contributed by atoms with Crippen LogP contribution in [0, 0.1) is 0 Å². The quantitative estimate of drug-likeness (QED) is 0.638. The fourth-order valence-electron chi connectivity index (χ4n) is 2.51. The van der Waals surface area contributed by atoms with E-state index in [0.29, 0.717) is 27.1 Å². The number of hydrogen-bond donors (Lipinski definition) is 1. The molecule has 6 heteroatoms. The van der Waals surface area contributed by atoms with Crippen LogP contribution in [0.25, 0.3) is 16.9 Å². The zero-order valence-electron chi connectivity index (χ0n) is 14.5. The number of benzene rings is 2. The van der Waals surface area contributed by atoms with Gasteiger partial charge in [0, 0.05) is 11.6 Å². The van der Waals surface area contributed by atoms with Gasteiger partial charge < -0.3 is 5.32 Å². The molecule has 1 heterocycles. The molecule has 1 N–H and O–H groups in total. The maximum atomic E-state index is 12.8. The highest BCUT2D eigenvalue weighted by Gasteiger charge is 2.19. The van der Waals surface area contributed by atoms with Gasteiger partial charge in [-0.3, -0.25) is 4.79 Å². The molecule has 1 amide bonds. The minimum absolute atomic E-state index is 0.0693. The van der Waals surface area contributed by atoms with Crippen LogP contribution in [0.5, 0.6) is 0 Å². The number of carbonyl (C=O) groups excluding carboxylic acids is 1. The van der Waals surface area contributed by atoms with Gasteiger partial charge in [-0.2, -0.15) is 5.10 Å². The molecule has 3 aromatic rings. The van der Waals surface area contributed by atoms with Gasteiger partial charge in [-0.25, -0.2) is 4.68 Å². The molecule has 3 rings (SSSR count). The summed E-state index contributed by atoms with van der Waals surface area (Å²) in [6, 6.07) is 16.8. The monoisotopic (exact) mass is 387 g/mol. The molecule has 0 aliphatic carbocycles. The van der Waals surface area contributed by atoms with Crippen LogP contribution >= 0.6 is 23.2 Å². The normalized spacial score (nSPS) is 12.0. The molecule has 1 atom stereocenters. The lowest BCUT2D eigenvalue weighted by atomic mass is 10.1. The highest BCUT2D eigenvalue weighted by molar-refractivity contribution is 6.42. The molecule has 0 spiro atoms. The van der Waals surface area contributed by atoms with Crippen molar-refractivity contribution in [3.63, 3.8) is 0 Å². The first kappa shape index (κ1) is 18.5. The van der Waals surface area contributed by atoms with Crippen molar-refractivity contribution in [2.45, 2.75) is 26.3 Å². The third kappa shape index (κ3) is 3.92. The van der Waals surface area contributed by atoms with Crippen molar-refractivity contribution in [1.82, 2.24) is 15.1 Å². The maximum Gasteiger partial charge on any atom is 0.270 e. The summed E-state index contributed by atoms with van der Waals surface area (Å²) in [7, 11) is 0. The number of carbonyl (C=O) groups is 1. The Morgan fingerprint density at radius 3 is 2.50 bits per heavy atom. The minimum atomic E-state index is -0.180. The lowest BCUT2D eigenvalue weighted by Crippen LogP contribution is -2.33. The van der Waals surface area contributed by atoms with Crippen LogP contribution in [-0.2, 0) is 0 Å². The number of hydrogen-bond acceptors (Lipinski definition) is 2. The van der Waals surface area contributed by atoms with Crippen LogP contribution in [0.4, 0.5) is 0 Å². The molecule has 0 bridgehead atoms. The predicted octanol–water partition coefficient (Wildman–Crippen LogP) is 5.37. The topological polar surface area (TPSA) is 46.9 Å². The van der Waals surface area contributed by atoms with Crippen LogP contribution < -0.4 is 5.32 Å². The fraction of sp³-hybridized carbons (Fsp3) is 0.200. The number of rotatable bonds is 5. The van der Waals surface area contributed by atoms with Crippen molar-refractivity contribution in [3.8, 4) is 16.9 Å². The molecule has 0 fully saturated rings. The van der Waals surface area contributed by atoms with E-state index in [4.69, 9.17) is 23.2 Å². The third-order valence-electron chi connectivity index (χ3n) is 4.15. The van der Waals surface area contributed by atoms with Crippen molar-refractivity contribution < 1.29 is 4.79 Å². The first-order valence-electron chi connectivity index (χ1n) is 8.41.